The summed E-state index contributed by atoms with van der Waals surface area (Å²) in [5, 5.41) is 0. The molecule has 0 saturated heterocycles. The predicted octanol–water partition coefficient (Wildman–Crippen LogP) is 5.52. The molecule has 0 N–H and O–H groups in total. The van der Waals surface area contributed by atoms with Crippen LogP contribution in [0.4, 0.5) is 0 Å². The van der Waals surface area contributed by atoms with Gasteiger partial charge in [0.2, 0.25) is 0 Å². The lowest BCUT2D eigenvalue weighted by Crippen LogP contribution is -2.25. The lowest BCUT2D eigenvalue weighted by Gasteiger charge is -2.27. The molecule has 0 unspecified atom stereocenters. The summed E-state index contributed by atoms with van der Waals surface area (Å²) < 4.78 is 0. The van der Waals surface area contributed by atoms with Crippen LogP contribution in [0.2, 0.25) is 0 Å². The van der Waals surface area contributed by atoms with Gasteiger partial charge in [-0.1, -0.05) is 79.7 Å². The Morgan fingerprint density at radius 2 is 1.21 bits per heavy atom. The molecule has 2 heteroatoms. The molecule has 0 heterocycles. The van der Waals surface area contributed by atoms with Crippen molar-refractivity contribution < 1.29 is 9.59 Å². The van der Waals surface area contributed by atoms with Crippen molar-refractivity contribution in [3.05, 3.63) is 35.4 Å². The van der Waals surface area contributed by atoms with Gasteiger partial charge in [0.1, 0.15) is 11.6 Å². The topological polar surface area (TPSA) is 34.1 Å². The minimum atomic E-state index is -0.300. The molecular formula is C22H34O2. The molecule has 0 aliphatic carbocycles. The Morgan fingerprint density at radius 3 is 1.62 bits per heavy atom. The molecule has 0 saturated carbocycles. The minimum absolute atomic E-state index is 0.0481. The maximum Gasteiger partial charge on any atom is 0.142 e. The predicted molar refractivity (Wildman–Crippen MR) is 101 cm³/mol. The first-order chi connectivity index (χ1) is 10.7. The Bertz CT molecular complexity index is 578. The molecule has 1 aromatic carbocycles. The van der Waals surface area contributed by atoms with Gasteiger partial charge in [-0.2, -0.15) is 0 Å². The first-order valence-corrected chi connectivity index (χ1v) is 8.89. The number of rotatable bonds is 6. The highest BCUT2D eigenvalue weighted by molar-refractivity contribution is 5.85. The van der Waals surface area contributed by atoms with E-state index in [4.69, 9.17) is 0 Å². The fourth-order valence-corrected chi connectivity index (χ4v) is 2.47. The van der Waals surface area contributed by atoms with Crippen LogP contribution in [0.5, 0.6) is 0 Å². The van der Waals surface area contributed by atoms with E-state index in [9.17, 15) is 9.59 Å². The molecule has 0 spiro atoms. The van der Waals surface area contributed by atoms with Gasteiger partial charge in [-0.3, -0.25) is 9.59 Å². The third-order valence-corrected chi connectivity index (χ3v) is 4.75. The van der Waals surface area contributed by atoms with Gasteiger partial charge < -0.3 is 0 Å². The second-order valence-corrected chi connectivity index (χ2v) is 9.60. The Balaban J connectivity index is 2.77. The van der Waals surface area contributed by atoms with E-state index in [1.807, 2.05) is 53.7 Å². The van der Waals surface area contributed by atoms with Crippen LogP contribution < -0.4 is 0 Å². The average molecular weight is 331 g/mol. The fraction of sp³-hybridized carbons (Fsp3) is 0.636. The van der Waals surface area contributed by atoms with Crippen molar-refractivity contribution in [3.63, 3.8) is 0 Å². The van der Waals surface area contributed by atoms with E-state index in [0.29, 0.717) is 18.6 Å². The van der Waals surface area contributed by atoms with E-state index in [1.165, 1.54) is 5.56 Å². The van der Waals surface area contributed by atoms with Gasteiger partial charge in [0, 0.05) is 23.7 Å². The zero-order chi connectivity index (χ0) is 18.8. The maximum absolute atomic E-state index is 12.2. The zero-order valence-electron chi connectivity index (χ0n) is 16.7. The van der Waals surface area contributed by atoms with Gasteiger partial charge >= 0.3 is 0 Å². The van der Waals surface area contributed by atoms with Crippen LogP contribution >= 0.6 is 0 Å². The molecular weight excluding hydrogens is 296 g/mol. The van der Waals surface area contributed by atoms with Crippen LogP contribution in [-0.2, 0) is 21.4 Å². The lowest BCUT2D eigenvalue weighted by atomic mass is 9.77. The van der Waals surface area contributed by atoms with Crippen molar-refractivity contribution in [2.75, 3.05) is 0 Å². The summed E-state index contributed by atoms with van der Waals surface area (Å²) in [4.78, 5) is 24.3. The molecule has 0 aliphatic heterocycles. The van der Waals surface area contributed by atoms with E-state index in [1.54, 1.807) is 0 Å². The molecule has 24 heavy (non-hydrogen) atoms. The first kappa shape index (κ1) is 20.6. The van der Waals surface area contributed by atoms with Gasteiger partial charge in [-0.05, 0) is 23.0 Å². The second-order valence-electron chi connectivity index (χ2n) is 9.60. The lowest BCUT2D eigenvalue weighted by molar-refractivity contribution is -0.127. The third-order valence-electron chi connectivity index (χ3n) is 4.75. The average Bonchev–Trinajstić information content (AvgIpc) is 2.43. The summed E-state index contributed by atoms with van der Waals surface area (Å²) in [5.41, 5.74) is 1.66. The summed E-state index contributed by atoms with van der Waals surface area (Å²) in [7, 11) is 0. The highest BCUT2D eigenvalue weighted by Gasteiger charge is 2.26. The number of carbonyl (C=O) groups excluding carboxylic acids is 2. The fourth-order valence-electron chi connectivity index (χ4n) is 2.47. The number of Topliss-reactive ketones (excluding diaryl/α,β-unsaturated/α-hetero) is 2. The molecule has 1 aromatic rings. The number of benzene rings is 1. The van der Waals surface area contributed by atoms with Gasteiger partial charge in [0.05, 0.1) is 0 Å². The van der Waals surface area contributed by atoms with E-state index < -0.39 is 0 Å². The van der Waals surface area contributed by atoms with Crippen LogP contribution in [0.1, 0.15) is 79.4 Å². The normalized spacial score (nSPS) is 13.0. The van der Waals surface area contributed by atoms with E-state index in [2.05, 4.69) is 26.0 Å². The molecule has 0 atom stereocenters. The van der Waals surface area contributed by atoms with Crippen molar-refractivity contribution in [1.29, 1.82) is 0 Å². The van der Waals surface area contributed by atoms with E-state index in [0.717, 1.165) is 12.0 Å². The van der Waals surface area contributed by atoms with Gasteiger partial charge in [-0.25, -0.2) is 0 Å². The van der Waals surface area contributed by atoms with Crippen LogP contribution in [0.15, 0.2) is 24.3 Å². The van der Waals surface area contributed by atoms with Crippen LogP contribution in [0, 0.1) is 10.8 Å². The Kier molecular flexibility index (Phi) is 6.19. The largest absolute Gasteiger partial charge is 0.299 e. The molecule has 0 radical (unpaired) electrons. The zero-order valence-corrected chi connectivity index (χ0v) is 16.7. The van der Waals surface area contributed by atoms with Gasteiger partial charge in [-0.15, -0.1) is 0 Å². The summed E-state index contributed by atoms with van der Waals surface area (Å²) >= 11 is 0. The standard InChI is InChI=1S/C22H34O2/c1-20(2,3)18(23)13-14-22(7,8)17-11-9-16(10-12-17)15-19(24)21(4,5)6/h9-12H,13-15H2,1-8H3. The molecule has 0 aromatic heterocycles. The van der Waals surface area contributed by atoms with Crippen molar-refractivity contribution in [2.45, 2.75) is 80.1 Å². The highest BCUT2D eigenvalue weighted by atomic mass is 16.1. The summed E-state index contributed by atoms with van der Waals surface area (Å²) in [6.07, 6.45) is 1.91. The number of ketones is 2. The highest BCUT2D eigenvalue weighted by Crippen LogP contribution is 2.31. The summed E-state index contributed by atoms with van der Waals surface area (Å²) in [6, 6.07) is 8.30. The van der Waals surface area contributed by atoms with Gasteiger partial charge in [0.25, 0.3) is 0 Å². The Labute approximate surface area is 148 Å². The van der Waals surface area contributed by atoms with E-state index in [-0.39, 0.29) is 22.0 Å². The van der Waals surface area contributed by atoms with Crippen LogP contribution in [0.25, 0.3) is 0 Å². The van der Waals surface area contributed by atoms with E-state index >= 15 is 0 Å². The molecule has 0 fully saturated rings. The SMILES string of the molecule is CC(C)(C)C(=O)CCC(C)(C)c1ccc(CC(=O)C(C)(C)C)cc1. The minimum Gasteiger partial charge on any atom is -0.299 e. The molecule has 1 rings (SSSR count). The quantitative estimate of drug-likeness (QED) is 0.688. The Hall–Kier alpha value is -1.44. The summed E-state index contributed by atoms with van der Waals surface area (Å²) in [6.45, 7) is 16.2. The summed E-state index contributed by atoms with van der Waals surface area (Å²) in [5.74, 6) is 0.563. The Morgan fingerprint density at radius 1 is 0.750 bits per heavy atom. The maximum atomic E-state index is 12.2. The molecule has 134 valence electrons. The monoisotopic (exact) mass is 330 g/mol. The molecule has 0 amide bonds. The number of carbonyl (C=O) groups is 2. The van der Waals surface area contributed by atoms with Crippen molar-refractivity contribution >= 4 is 11.6 Å². The third kappa shape index (κ3) is 5.89. The van der Waals surface area contributed by atoms with Crippen molar-refractivity contribution in [3.8, 4) is 0 Å². The number of hydrogen-bond donors (Lipinski definition) is 0. The van der Waals surface area contributed by atoms with Crippen LogP contribution in [-0.4, -0.2) is 11.6 Å². The first-order valence-electron chi connectivity index (χ1n) is 8.89. The number of hydrogen-bond acceptors (Lipinski definition) is 2. The van der Waals surface area contributed by atoms with Gasteiger partial charge in [0.15, 0.2) is 0 Å². The molecule has 2 nitrogen and oxygen atoms in total. The smallest absolute Gasteiger partial charge is 0.142 e. The van der Waals surface area contributed by atoms with Crippen LogP contribution in [0.3, 0.4) is 0 Å². The van der Waals surface area contributed by atoms with Crippen molar-refractivity contribution in [2.24, 2.45) is 10.8 Å². The molecule has 0 aliphatic rings. The molecule has 0 bridgehead atoms. The van der Waals surface area contributed by atoms with Crippen molar-refractivity contribution in [1.82, 2.24) is 0 Å². The second kappa shape index (κ2) is 7.21.